The lowest BCUT2D eigenvalue weighted by molar-refractivity contribution is -0.133. The Bertz CT molecular complexity index is 597. The van der Waals surface area contributed by atoms with Crippen LogP contribution in [0, 0.1) is 12.8 Å². The van der Waals surface area contributed by atoms with Gasteiger partial charge in [0.15, 0.2) is 0 Å². The van der Waals surface area contributed by atoms with Gasteiger partial charge >= 0.3 is 5.97 Å². The van der Waals surface area contributed by atoms with E-state index in [0.717, 1.165) is 25.9 Å². The molecule has 1 saturated heterocycles. The topological polar surface area (TPSA) is 75.4 Å². The maximum Gasteiger partial charge on any atom is 0.339 e. The maximum absolute atomic E-state index is 12.5. The number of hydrogen-bond acceptors (Lipinski definition) is 3. The fourth-order valence-electron chi connectivity index (χ4n) is 4.13. The lowest BCUT2D eigenvalue weighted by atomic mass is 9.86. The number of aromatic carboxylic acids is 1. The molecule has 1 amide bonds. The number of piperidine rings is 1. The summed E-state index contributed by atoms with van der Waals surface area (Å²) in [5, 5.41) is 13.4. The average molecular weight is 333 g/mol. The molecule has 2 heterocycles. The first-order valence-corrected chi connectivity index (χ1v) is 9.11. The monoisotopic (exact) mass is 333 g/mol. The van der Waals surface area contributed by atoms with Crippen molar-refractivity contribution in [1.29, 1.82) is 0 Å². The summed E-state index contributed by atoms with van der Waals surface area (Å²) >= 11 is 0. The van der Waals surface area contributed by atoms with Crippen molar-refractivity contribution in [1.82, 2.24) is 14.7 Å². The highest BCUT2D eigenvalue weighted by Crippen LogP contribution is 2.29. The molecule has 1 aromatic rings. The van der Waals surface area contributed by atoms with Gasteiger partial charge in [0.25, 0.3) is 0 Å². The summed E-state index contributed by atoms with van der Waals surface area (Å²) in [5.74, 6) is -0.0573. The highest BCUT2D eigenvalue weighted by molar-refractivity contribution is 5.88. The first kappa shape index (κ1) is 17.0. The number of rotatable bonds is 4. The van der Waals surface area contributed by atoms with E-state index in [-0.39, 0.29) is 11.6 Å². The predicted molar refractivity (Wildman–Crippen MR) is 90.0 cm³/mol. The van der Waals surface area contributed by atoms with Gasteiger partial charge in [0.05, 0.1) is 17.9 Å². The first-order chi connectivity index (χ1) is 11.6. The van der Waals surface area contributed by atoms with Crippen LogP contribution in [-0.4, -0.2) is 44.8 Å². The fourth-order valence-corrected chi connectivity index (χ4v) is 4.13. The highest BCUT2D eigenvalue weighted by Gasteiger charge is 2.28. The van der Waals surface area contributed by atoms with Crippen LogP contribution < -0.4 is 0 Å². The van der Waals surface area contributed by atoms with Crippen molar-refractivity contribution in [2.75, 3.05) is 13.1 Å². The van der Waals surface area contributed by atoms with E-state index in [4.69, 9.17) is 5.11 Å². The van der Waals surface area contributed by atoms with Gasteiger partial charge in [-0.3, -0.25) is 9.48 Å². The number of carboxylic acid groups (broad SMARTS) is 1. The SMILES string of the molecule is Cc1c(C(=O)O)cnn1C1CCN(C(=O)CC2CCCCC2)CC1. The Morgan fingerprint density at radius 3 is 2.42 bits per heavy atom. The molecule has 1 aliphatic carbocycles. The normalized spacial score (nSPS) is 20.3. The molecule has 6 heteroatoms. The zero-order chi connectivity index (χ0) is 17.1. The number of carbonyl (C=O) groups excluding carboxylic acids is 1. The van der Waals surface area contributed by atoms with Gasteiger partial charge in [0.2, 0.25) is 5.91 Å². The Kier molecular flexibility index (Phi) is 5.21. The lowest BCUT2D eigenvalue weighted by Crippen LogP contribution is -2.40. The highest BCUT2D eigenvalue weighted by atomic mass is 16.4. The maximum atomic E-state index is 12.5. The van der Waals surface area contributed by atoms with Crippen LogP contribution in [0.4, 0.5) is 0 Å². The lowest BCUT2D eigenvalue weighted by Gasteiger charge is -2.34. The molecule has 132 valence electrons. The third-order valence-corrected chi connectivity index (χ3v) is 5.63. The van der Waals surface area contributed by atoms with E-state index in [9.17, 15) is 9.59 Å². The Hall–Kier alpha value is -1.85. The first-order valence-electron chi connectivity index (χ1n) is 9.11. The number of likely N-dealkylation sites (tertiary alicyclic amines) is 1. The number of amides is 1. The molecule has 3 rings (SSSR count). The van der Waals surface area contributed by atoms with Crippen molar-refractivity contribution in [2.45, 2.75) is 64.3 Å². The number of aromatic nitrogens is 2. The second-order valence-electron chi connectivity index (χ2n) is 7.21. The smallest absolute Gasteiger partial charge is 0.339 e. The quantitative estimate of drug-likeness (QED) is 0.919. The van der Waals surface area contributed by atoms with Gasteiger partial charge in [-0.25, -0.2) is 4.79 Å². The van der Waals surface area contributed by atoms with Crippen LogP contribution in [0.5, 0.6) is 0 Å². The van der Waals surface area contributed by atoms with Gasteiger partial charge in [-0.15, -0.1) is 0 Å². The molecule has 1 saturated carbocycles. The number of carbonyl (C=O) groups is 2. The molecule has 1 aliphatic heterocycles. The van der Waals surface area contributed by atoms with E-state index in [1.807, 2.05) is 9.58 Å². The number of nitrogens with zero attached hydrogens (tertiary/aromatic N) is 3. The zero-order valence-electron chi connectivity index (χ0n) is 14.4. The van der Waals surface area contributed by atoms with Gasteiger partial charge in [0.1, 0.15) is 5.56 Å². The zero-order valence-corrected chi connectivity index (χ0v) is 14.4. The number of hydrogen-bond donors (Lipinski definition) is 1. The molecular formula is C18H27N3O3. The Morgan fingerprint density at radius 1 is 1.17 bits per heavy atom. The second-order valence-corrected chi connectivity index (χ2v) is 7.21. The molecule has 0 unspecified atom stereocenters. The molecule has 2 fully saturated rings. The van der Waals surface area contributed by atoms with Crippen LogP contribution in [0.25, 0.3) is 0 Å². The van der Waals surface area contributed by atoms with Crippen molar-refractivity contribution in [3.8, 4) is 0 Å². The third-order valence-electron chi connectivity index (χ3n) is 5.63. The van der Waals surface area contributed by atoms with Crippen LogP contribution >= 0.6 is 0 Å². The van der Waals surface area contributed by atoms with Crippen LogP contribution in [0.15, 0.2) is 6.20 Å². The van der Waals surface area contributed by atoms with Crippen LogP contribution in [0.2, 0.25) is 0 Å². The summed E-state index contributed by atoms with van der Waals surface area (Å²) in [5.41, 5.74) is 0.972. The minimum atomic E-state index is -0.932. The average Bonchev–Trinajstić information content (AvgIpc) is 2.97. The molecule has 0 atom stereocenters. The van der Waals surface area contributed by atoms with Crippen molar-refractivity contribution >= 4 is 11.9 Å². The van der Waals surface area contributed by atoms with Gasteiger partial charge in [0, 0.05) is 19.5 Å². The minimum absolute atomic E-state index is 0.192. The van der Waals surface area contributed by atoms with Crippen molar-refractivity contribution in [3.63, 3.8) is 0 Å². The number of carboxylic acids is 1. The summed E-state index contributed by atoms with van der Waals surface area (Å²) in [6.07, 6.45) is 10.1. The Balaban J connectivity index is 1.53. The van der Waals surface area contributed by atoms with E-state index in [0.29, 0.717) is 23.9 Å². The van der Waals surface area contributed by atoms with E-state index in [2.05, 4.69) is 5.10 Å². The van der Waals surface area contributed by atoms with Crippen molar-refractivity contribution in [2.24, 2.45) is 5.92 Å². The fraction of sp³-hybridized carbons (Fsp3) is 0.722. The van der Waals surface area contributed by atoms with Crippen LogP contribution in [0.3, 0.4) is 0 Å². The molecule has 0 bridgehead atoms. The van der Waals surface area contributed by atoms with Gasteiger partial charge in [-0.2, -0.15) is 5.10 Å². The van der Waals surface area contributed by atoms with Crippen molar-refractivity contribution < 1.29 is 14.7 Å². The van der Waals surface area contributed by atoms with Crippen LogP contribution in [0.1, 0.15) is 73.5 Å². The predicted octanol–water partition coefficient (Wildman–Crippen LogP) is 3.02. The molecule has 0 radical (unpaired) electrons. The van der Waals surface area contributed by atoms with E-state index >= 15 is 0 Å². The van der Waals surface area contributed by atoms with E-state index < -0.39 is 5.97 Å². The summed E-state index contributed by atoms with van der Waals surface area (Å²) in [4.78, 5) is 25.6. The summed E-state index contributed by atoms with van der Waals surface area (Å²) in [6.45, 7) is 3.30. The van der Waals surface area contributed by atoms with Crippen LogP contribution in [-0.2, 0) is 4.79 Å². The van der Waals surface area contributed by atoms with Crippen molar-refractivity contribution in [3.05, 3.63) is 17.5 Å². The third kappa shape index (κ3) is 3.62. The summed E-state index contributed by atoms with van der Waals surface area (Å²) in [7, 11) is 0. The molecule has 0 aromatic carbocycles. The van der Waals surface area contributed by atoms with E-state index in [1.54, 1.807) is 6.92 Å². The summed E-state index contributed by atoms with van der Waals surface area (Å²) < 4.78 is 1.83. The Morgan fingerprint density at radius 2 is 1.83 bits per heavy atom. The van der Waals surface area contributed by atoms with Gasteiger partial charge in [-0.05, 0) is 38.5 Å². The molecule has 1 aromatic heterocycles. The molecule has 6 nitrogen and oxygen atoms in total. The van der Waals surface area contributed by atoms with E-state index in [1.165, 1.54) is 38.3 Å². The minimum Gasteiger partial charge on any atom is -0.478 e. The Labute approximate surface area is 142 Å². The molecule has 1 N–H and O–H groups in total. The molecule has 0 spiro atoms. The molecular weight excluding hydrogens is 306 g/mol. The molecule has 24 heavy (non-hydrogen) atoms. The second kappa shape index (κ2) is 7.36. The largest absolute Gasteiger partial charge is 0.478 e. The van der Waals surface area contributed by atoms with Gasteiger partial charge in [-0.1, -0.05) is 19.3 Å². The molecule has 2 aliphatic rings. The standard InChI is InChI=1S/C18H27N3O3/c1-13-16(18(23)24)12-19-21(13)15-7-9-20(10-8-15)17(22)11-14-5-3-2-4-6-14/h12,14-15H,2-11H2,1H3,(H,23,24). The summed E-state index contributed by atoms with van der Waals surface area (Å²) in [6, 6.07) is 0.192. The van der Waals surface area contributed by atoms with Gasteiger partial charge < -0.3 is 10.0 Å².